The molecule has 0 radical (unpaired) electrons. The van der Waals surface area contributed by atoms with Crippen molar-refractivity contribution < 1.29 is 9.53 Å². The molecule has 0 heterocycles. The Balaban J connectivity index is 2.23. The van der Waals surface area contributed by atoms with Gasteiger partial charge in [0.05, 0.1) is 7.11 Å². The van der Waals surface area contributed by atoms with Crippen LogP contribution >= 0.6 is 0 Å². The summed E-state index contributed by atoms with van der Waals surface area (Å²) in [5.41, 5.74) is 9.03. The van der Waals surface area contributed by atoms with Gasteiger partial charge in [-0.25, -0.2) is 0 Å². The number of rotatable bonds is 4. The fourth-order valence-corrected chi connectivity index (χ4v) is 2.00. The largest absolute Gasteiger partial charge is 0.497 e. The van der Waals surface area contributed by atoms with Crippen molar-refractivity contribution in [3.05, 3.63) is 59.2 Å². The first-order valence-electron chi connectivity index (χ1n) is 6.13. The van der Waals surface area contributed by atoms with Gasteiger partial charge in [0.1, 0.15) is 5.75 Å². The number of anilines is 1. The van der Waals surface area contributed by atoms with Gasteiger partial charge in [-0.1, -0.05) is 24.3 Å². The Labute approximate surface area is 113 Å². The van der Waals surface area contributed by atoms with Gasteiger partial charge in [0.15, 0.2) is 5.78 Å². The molecule has 0 aliphatic rings. The van der Waals surface area contributed by atoms with Crippen molar-refractivity contribution in [1.29, 1.82) is 0 Å². The van der Waals surface area contributed by atoms with Gasteiger partial charge in [-0.2, -0.15) is 0 Å². The summed E-state index contributed by atoms with van der Waals surface area (Å²) in [5, 5.41) is 0. The van der Waals surface area contributed by atoms with E-state index in [1.165, 1.54) is 0 Å². The lowest BCUT2D eigenvalue weighted by Gasteiger charge is -2.08. The zero-order chi connectivity index (χ0) is 13.8. The summed E-state index contributed by atoms with van der Waals surface area (Å²) in [6, 6.07) is 13.0. The Bertz CT molecular complexity index is 605. The van der Waals surface area contributed by atoms with E-state index in [2.05, 4.69) is 0 Å². The molecule has 0 aromatic heterocycles. The molecule has 2 rings (SSSR count). The Morgan fingerprint density at radius 1 is 1.21 bits per heavy atom. The standard InChI is InChI=1S/C16H17NO2/c1-11-5-3-4-6-12(11)9-16(18)14-8-7-13(19-2)10-15(14)17/h3-8,10H,9,17H2,1-2H3. The zero-order valence-electron chi connectivity index (χ0n) is 11.1. The highest BCUT2D eigenvalue weighted by atomic mass is 16.5. The maximum absolute atomic E-state index is 12.3. The van der Waals surface area contributed by atoms with E-state index < -0.39 is 0 Å². The number of benzene rings is 2. The molecule has 0 saturated heterocycles. The molecule has 0 atom stereocenters. The zero-order valence-corrected chi connectivity index (χ0v) is 11.1. The highest BCUT2D eigenvalue weighted by Gasteiger charge is 2.12. The number of nitrogens with two attached hydrogens (primary N) is 1. The lowest BCUT2D eigenvalue weighted by atomic mass is 9.98. The monoisotopic (exact) mass is 255 g/mol. The maximum atomic E-state index is 12.3. The Morgan fingerprint density at radius 2 is 1.95 bits per heavy atom. The topological polar surface area (TPSA) is 52.3 Å². The van der Waals surface area contributed by atoms with Crippen LogP contribution in [-0.2, 0) is 6.42 Å². The average Bonchev–Trinajstić information content (AvgIpc) is 2.41. The van der Waals surface area contributed by atoms with Gasteiger partial charge in [0.25, 0.3) is 0 Å². The summed E-state index contributed by atoms with van der Waals surface area (Å²) >= 11 is 0. The molecular formula is C16H17NO2. The van der Waals surface area contributed by atoms with E-state index in [9.17, 15) is 4.79 Å². The van der Waals surface area contributed by atoms with Gasteiger partial charge in [-0.05, 0) is 30.2 Å². The third kappa shape index (κ3) is 2.94. The predicted molar refractivity (Wildman–Crippen MR) is 76.6 cm³/mol. The van der Waals surface area contributed by atoms with E-state index in [1.54, 1.807) is 25.3 Å². The normalized spacial score (nSPS) is 10.2. The molecule has 0 saturated carbocycles. The van der Waals surface area contributed by atoms with Crippen molar-refractivity contribution in [3.63, 3.8) is 0 Å². The molecule has 0 amide bonds. The molecule has 3 nitrogen and oxygen atoms in total. The number of carbonyl (C=O) groups excluding carboxylic acids is 1. The second-order valence-corrected chi connectivity index (χ2v) is 4.48. The number of hydrogen-bond acceptors (Lipinski definition) is 3. The Morgan fingerprint density at radius 3 is 2.58 bits per heavy atom. The Kier molecular flexibility index (Phi) is 3.85. The van der Waals surface area contributed by atoms with Crippen LogP contribution in [0.4, 0.5) is 5.69 Å². The van der Waals surface area contributed by atoms with Crippen molar-refractivity contribution >= 4 is 11.5 Å². The van der Waals surface area contributed by atoms with Gasteiger partial charge in [-0.3, -0.25) is 4.79 Å². The summed E-state index contributed by atoms with van der Waals surface area (Å²) in [6.45, 7) is 2.00. The Hall–Kier alpha value is -2.29. The molecule has 0 bridgehead atoms. The van der Waals surface area contributed by atoms with Gasteiger partial charge in [0, 0.05) is 23.7 Å². The predicted octanol–water partition coefficient (Wildman–Crippen LogP) is 3.01. The smallest absolute Gasteiger partial charge is 0.169 e. The summed E-state index contributed by atoms with van der Waals surface area (Å²) < 4.78 is 5.08. The van der Waals surface area contributed by atoms with E-state index in [4.69, 9.17) is 10.5 Å². The quantitative estimate of drug-likeness (QED) is 0.675. The fraction of sp³-hybridized carbons (Fsp3) is 0.188. The number of ketones is 1. The van der Waals surface area contributed by atoms with Crippen molar-refractivity contribution in [3.8, 4) is 5.75 Å². The summed E-state index contributed by atoms with van der Waals surface area (Å²) in [4.78, 5) is 12.3. The molecule has 0 unspecified atom stereocenters. The highest BCUT2D eigenvalue weighted by Crippen LogP contribution is 2.21. The molecule has 0 aliphatic carbocycles. The maximum Gasteiger partial charge on any atom is 0.169 e. The van der Waals surface area contributed by atoms with E-state index >= 15 is 0 Å². The number of Topliss-reactive ketones (excluding diaryl/α,β-unsaturated/α-hetero) is 1. The van der Waals surface area contributed by atoms with Gasteiger partial charge < -0.3 is 10.5 Å². The van der Waals surface area contributed by atoms with Crippen LogP contribution in [0, 0.1) is 6.92 Å². The van der Waals surface area contributed by atoms with Crippen LogP contribution in [0.15, 0.2) is 42.5 Å². The molecule has 2 N–H and O–H groups in total. The second-order valence-electron chi connectivity index (χ2n) is 4.48. The summed E-state index contributed by atoms with van der Waals surface area (Å²) in [6.07, 6.45) is 0.364. The third-order valence-corrected chi connectivity index (χ3v) is 3.17. The third-order valence-electron chi connectivity index (χ3n) is 3.17. The van der Waals surface area contributed by atoms with Gasteiger partial charge in [-0.15, -0.1) is 0 Å². The van der Waals surface area contributed by atoms with Crippen molar-refractivity contribution in [1.82, 2.24) is 0 Å². The number of nitrogen functional groups attached to an aromatic ring is 1. The minimum atomic E-state index is 0.0226. The van der Waals surface area contributed by atoms with E-state index in [0.717, 1.165) is 11.1 Å². The lowest BCUT2D eigenvalue weighted by molar-refractivity contribution is 0.0993. The number of methoxy groups -OCH3 is 1. The van der Waals surface area contributed by atoms with Crippen molar-refractivity contribution in [2.45, 2.75) is 13.3 Å². The molecule has 2 aromatic rings. The first kappa shape index (κ1) is 13.1. The SMILES string of the molecule is COc1ccc(C(=O)Cc2ccccc2C)c(N)c1. The molecule has 98 valence electrons. The van der Waals surface area contributed by atoms with Crippen LogP contribution in [0.2, 0.25) is 0 Å². The summed E-state index contributed by atoms with van der Waals surface area (Å²) in [7, 11) is 1.57. The molecule has 0 spiro atoms. The van der Waals surface area contributed by atoms with E-state index in [1.807, 2.05) is 31.2 Å². The van der Waals surface area contributed by atoms with Crippen LogP contribution in [0.3, 0.4) is 0 Å². The molecule has 3 heteroatoms. The second kappa shape index (κ2) is 5.57. The van der Waals surface area contributed by atoms with Crippen molar-refractivity contribution in [2.24, 2.45) is 0 Å². The van der Waals surface area contributed by atoms with E-state index in [-0.39, 0.29) is 5.78 Å². The average molecular weight is 255 g/mol. The molecule has 0 aliphatic heterocycles. The molecule has 19 heavy (non-hydrogen) atoms. The van der Waals surface area contributed by atoms with Crippen LogP contribution in [0.25, 0.3) is 0 Å². The summed E-state index contributed by atoms with van der Waals surface area (Å²) in [5.74, 6) is 0.680. The number of carbonyl (C=O) groups is 1. The minimum Gasteiger partial charge on any atom is -0.497 e. The van der Waals surface area contributed by atoms with Crippen LogP contribution in [0.5, 0.6) is 5.75 Å². The van der Waals surface area contributed by atoms with Crippen molar-refractivity contribution in [2.75, 3.05) is 12.8 Å². The number of aryl methyl sites for hydroxylation is 1. The van der Waals surface area contributed by atoms with Crippen LogP contribution in [-0.4, -0.2) is 12.9 Å². The first-order valence-corrected chi connectivity index (χ1v) is 6.13. The fourth-order valence-electron chi connectivity index (χ4n) is 2.00. The number of ether oxygens (including phenoxy) is 1. The van der Waals surface area contributed by atoms with Gasteiger partial charge >= 0.3 is 0 Å². The molecular weight excluding hydrogens is 238 g/mol. The van der Waals surface area contributed by atoms with Crippen LogP contribution in [0.1, 0.15) is 21.5 Å². The van der Waals surface area contributed by atoms with Gasteiger partial charge in [0.2, 0.25) is 0 Å². The molecule has 2 aromatic carbocycles. The number of hydrogen-bond donors (Lipinski definition) is 1. The highest BCUT2D eigenvalue weighted by molar-refractivity contribution is 6.02. The van der Waals surface area contributed by atoms with Crippen LogP contribution < -0.4 is 10.5 Å². The minimum absolute atomic E-state index is 0.0226. The molecule has 0 fully saturated rings. The lowest BCUT2D eigenvalue weighted by Crippen LogP contribution is -2.08. The van der Waals surface area contributed by atoms with E-state index in [0.29, 0.717) is 23.4 Å². The first-order chi connectivity index (χ1) is 9.11.